The molecule has 0 aromatic heterocycles. The molecule has 2 aliphatic heterocycles. The van der Waals surface area contributed by atoms with Crippen LogP contribution in [0.1, 0.15) is 31.2 Å². The molecule has 1 amide bonds. The zero-order valence-corrected chi connectivity index (χ0v) is 13.6. The van der Waals surface area contributed by atoms with Crippen molar-refractivity contribution in [3.63, 3.8) is 0 Å². The van der Waals surface area contributed by atoms with Gasteiger partial charge in [-0.2, -0.15) is 0 Å². The van der Waals surface area contributed by atoms with E-state index in [0.29, 0.717) is 13.1 Å². The quantitative estimate of drug-likeness (QED) is 0.871. The number of hydrogen-bond donors (Lipinski definition) is 1. The molecule has 2 fully saturated rings. The van der Waals surface area contributed by atoms with Gasteiger partial charge in [-0.05, 0) is 43.4 Å². The number of phenolic OH excluding ortho intramolecular Hbond substituents is 1. The fraction of sp³-hybridized carbons (Fsp3) is 0.611. The van der Waals surface area contributed by atoms with Crippen LogP contribution in [0.15, 0.2) is 24.3 Å². The van der Waals surface area contributed by atoms with E-state index in [-0.39, 0.29) is 17.8 Å². The number of nitrogens with zero attached hydrogens (tertiary/aromatic N) is 2. The Bertz CT molecular complexity index is 506. The maximum absolute atomic E-state index is 12.5. The van der Waals surface area contributed by atoms with Gasteiger partial charge in [0, 0.05) is 32.8 Å². The predicted molar refractivity (Wildman–Crippen MR) is 88.2 cm³/mol. The molecular formula is C18H26N2O3. The minimum atomic E-state index is 0.222. The van der Waals surface area contributed by atoms with Gasteiger partial charge in [-0.3, -0.25) is 9.69 Å². The molecule has 1 aromatic rings. The molecule has 5 heteroatoms. The van der Waals surface area contributed by atoms with E-state index in [1.165, 1.54) is 0 Å². The van der Waals surface area contributed by atoms with Crippen LogP contribution in [0.3, 0.4) is 0 Å². The second-order valence-electron chi connectivity index (χ2n) is 6.56. The monoisotopic (exact) mass is 318 g/mol. The SMILES string of the molecule is O=C(CN(Cc1ccc(O)cc1)C[C@@H]1CCCO1)N1CCCC1. The second kappa shape index (κ2) is 7.79. The lowest BCUT2D eigenvalue weighted by atomic mass is 10.1. The van der Waals surface area contributed by atoms with Crippen LogP contribution in [0, 0.1) is 0 Å². The third-order valence-electron chi connectivity index (χ3n) is 4.65. The highest BCUT2D eigenvalue weighted by atomic mass is 16.5. The molecule has 126 valence electrons. The summed E-state index contributed by atoms with van der Waals surface area (Å²) in [6.45, 7) is 4.57. The molecule has 0 unspecified atom stereocenters. The first-order valence-corrected chi connectivity index (χ1v) is 8.60. The molecule has 0 spiro atoms. The molecule has 23 heavy (non-hydrogen) atoms. The topological polar surface area (TPSA) is 53.0 Å². The lowest BCUT2D eigenvalue weighted by molar-refractivity contribution is -0.131. The average Bonchev–Trinajstić information content (AvgIpc) is 3.22. The third kappa shape index (κ3) is 4.69. The normalized spacial score (nSPS) is 21.3. The number of carbonyl (C=O) groups is 1. The summed E-state index contributed by atoms with van der Waals surface area (Å²) in [6.07, 6.45) is 4.66. The van der Waals surface area contributed by atoms with E-state index in [1.54, 1.807) is 12.1 Å². The molecular weight excluding hydrogens is 292 g/mol. The number of likely N-dealkylation sites (tertiary alicyclic amines) is 1. The Morgan fingerprint density at radius 1 is 1.22 bits per heavy atom. The standard InChI is InChI=1S/C18H26N2O3/c21-16-7-5-15(6-8-16)12-19(13-17-4-3-11-23-17)14-18(22)20-9-1-2-10-20/h5-8,17,21H,1-4,9-14H2/t17-/m0/s1. The van der Waals surface area contributed by atoms with Gasteiger partial charge >= 0.3 is 0 Å². The number of hydrogen-bond acceptors (Lipinski definition) is 4. The van der Waals surface area contributed by atoms with Gasteiger partial charge in [0.05, 0.1) is 12.6 Å². The lowest BCUT2D eigenvalue weighted by Gasteiger charge is -2.27. The van der Waals surface area contributed by atoms with Crippen molar-refractivity contribution in [3.8, 4) is 5.75 Å². The van der Waals surface area contributed by atoms with Crippen molar-refractivity contribution in [2.75, 3.05) is 32.8 Å². The zero-order valence-electron chi connectivity index (χ0n) is 13.6. The largest absolute Gasteiger partial charge is 0.508 e. The van der Waals surface area contributed by atoms with Crippen molar-refractivity contribution in [3.05, 3.63) is 29.8 Å². The van der Waals surface area contributed by atoms with Crippen LogP contribution in [0.5, 0.6) is 5.75 Å². The van der Waals surface area contributed by atoms with E-state index in [9.17, 15) is 9.90 Å². The fourth-order valence-corrected chi connectivity index (χ4v) is 3.38. The van der Waals surface area contributed by atoms with Crippen LogP contribution >= 0.6 is 0 Å². The van der Waals surface area contributed by atoms with Crippen molar-refractivity contribution in [1.82, 2.24) is 9.80 Å². The van der Waals surface area contributed by atoms with Gasteiger partial charge in [0.25, 0.3) is 0 Å². The smallest absolute Gasteiger partial charge is 0.236 e. The molecule has 5 nitrogen and oxygen atoms in total. The Kier molecular flexibility index (Phi) is 5.51. The summed E-state index contributed by atoms with van der Waals surface area (Å²) in [4.78, 5) is 16.6. The van der Waals surface area contributed by atoms with E-state index in [4.69, 9.17) is 4.74 Å². The Morgan fingerprint density at radius 3 is 2.61 bits per heavy atom. The molecule has 2 saturated heterocycles. The number of amides is 1. The Labute approximate surface area is 137 Å². The predicted octanol–water partition coefficient (Wildman–Crippen LogP) is 2.00. The summed E-state index contributed by atoms with van der Waals surface area (Å²) in [7, 11) is 0. The van der Waals surface area contributed by atoms with Crippen LogP contribution in [-0.2, 0) is 16.1 Å². The molecule has 1 N–H and O–H groups in total. The van der Waals surface area contributed by atoms with Gasteiger partial charge in [0.15, 0.2) is 0 Å². The third-order valence-corrected chi connectivity index (χ3v) is 4.65. The molecule has 2 aliphatic rings. The van der Waals surface area contributed by atoms with Gasteiger partial charge in [-0.15, -0.1) is 0 Å². The van der Waals surface area contributed by atoms with Crippen LogP contribution in [-0.4, -0.2) is 59.7 Å². The molecule has 1 aromatic carbocycles. The molecule has 1 atom stereocenters. The van der Waals surface area contributed by atoms with Crippen molar-refractivity contribution in [1.29, 1.82) is 0 Å². The fourth-order valence-electron chi connectivity index (χ4n) is 3.38. The van der Waals surface area contributed by atoms with Crippen LogP contribution in [0.4, 0.5) is 0 Å². The van der Waals surface area contributed by atoms with Gasteiger partial charge in [-0.25, -0.2) is 0 Å². The first-order valence-electron chi connectivity index (χ1n) is 8.60. The highest BCUT2D eigenvalue weighted by molar-refractivity contribution is 5.78. The van der Waals surface area contributed by atoms with E-state index in [1.807, 2.05) is 17.0 Å². The molecule has 0 saturated carbocycles. The Hall–Kier alpha value is -1.59. The number of aromatic hydroxyl groups is 1. The van der Waals surface area contributed by atoms with E-state index in [2.05, 4.69) is 4.90 Å². The van der Waals surface area contributed by atoms with E-state index in [0.717, 1.165) is 57.5 Å². The molecule has 0 bridgehead atoms. The summed E-state index contributed by atoms with van der Waals surface area (Å²) in [6, 6.07) is 7.22. The highest BCUT2D eigenvalue weighted by Gasteiger charge is 2.24. The summed E-state index contributed by atoms with van der Waals surface area (Å²) >= 11 is 0. The van der Waals surface area contributed by atoms with E-state index >= 15 is 0 Å². The van der Waals surface area contributed by atoms with Crippen molar-refractivity contribution in [2.24, 2.45) is 0 Å². The van der Waals surface area contributed by atoms with Crippen LogP contribution < -0.4 is 0 Å². The number of rotatable bonds is 6. The molecule has 3 rings (SSSR count). The maximum atomic E-state index is 12.5. The van der Waals surface area contributed by atoms with Crippen molar-refractivity contribution >= 4 is 5.91 Å². The summed E-state index contributed by atoms with van der Waals surface area (Å²) < 4.78 is 5.74. The zero-order chi connectivity index (χ0) is 16.1. The van der Waals surface area contributed by atoms with Crippen molar-refractivity contribution in [2.45, 2.75) is 38.3 Å². The second-order valence-corrected chi connectivity index (χ2v) is 6.56. The lowest BCUT2D eigenvalue weighted by Crippen LogP contribution is -2.41. The summed E-state index contributed by atoms with van der Waals surface area (Å²) in [5.74, 6) is 0.492. The van der Waals surface area contributed by atoms with E-state index < -0.39 is 0 Å². The Balaban J connectivity index is 1.62. The minimum Gasteiger partial charge on any atom is -0.508 e. The number of ether oxygens (including phenoxy) is 1. The minimum absolute atomic E-state index is 0.222. The number of carbonyl (C=O) groups excluding carboxylic acids is 1. The highest BCUT2D eigenvalue weighted by Crippen LogP contribution is 2.17. The number of benzene rings is 1. The van der Waals surface area contributed by atoms with Crippen molar-refractivity contribution < 1.29 is 14.6 Å². The summed E-state index contributed by atoms with van der Waals surface area (Å²) in [5.41, 5.74) is 1.11. The maximum Gasteiger partial charge on any atom is 0.236 e. The first-order chi connectivity index (χ1) is 11.2. The van der Waals surface area contributed by atoms with Crippen LogP contribution in [0.25, 0.3) is 0 Å². The number of phenols is 1. The van der Waals surface area contributed by atoms with Gasteiger partial charge in [-0.1, -0.05) is 12.1 Å². The van der Waals surface area contributed by atoms with Crippen LogP contribution in [0.2, 0.25) is 0 Å². The molecule has 0 radical (unpaired) electrons. The molecule has 2 heterocycles. The van der Waals surface area contributed by atoms with Gasteiger partial charge in [0.1, 0.15) is 5.75 Å². The van der Waals surface area contributed by atoms with Gasteiger partial charge < -0.3 is 14.7 Å². The summed E-state index contributed by atoms with van der Waals surface area (Å²) in [5, 5.41) is 9.42. The molecule has 0 aliphatic carbocycles. The van der Waals surface area contributed by atoms with Gasteiger partial charge in [0.2, 0.25) is 5.91 Å². The average molecular weight is 318 g/mol. The first kappa shape index (κ1) is 16.3. The Morgan fingerprint density at radius 2 is 1.96 bits per heavy atom.